The van der Waals surface area contributed by atoms with Crippen LogP contribution in [-0.4, -0.2) is 9.91 Å². The maximum Gasteiger partial charge on any atom is 0.304 e. The molecule has 17 heavy (non-hydrogen) atoms. The van der Waals surface area contributed by atoms with E-state index < -0.39 is 16.4 Å². The molecule has 1 aromatic carbocycles. The normalized spacial score (nSPS) is 10.4. The highest BCUT2D eigenvalue weighted by molar-refractivity contribution is 7.98. The summed E-state index contributed by atoms with van der Waals surface area (Å²) in [5, 5.41) is 10.9. The quantitative estimate of drug-likeness (QED) is 0.476. The first kappa shape index (κ1) is 11.6. The lowest BCUT2D eigenvalue weighted by Crippen LogP contribution is -1.93. The van der Waals surface area contributed by atoms with Crippen molar-refractivity contribution < 1.29 is 13.7 Å². The van der Waals surface area contributed by atoms with E-state index in [0.717, 1.165) is 12.1 Å². The van der Waals surface area contributed by atoms with Crippen LogP contribution < -0.4 is 0 Å². The van der Waals surface area contributed by atoms with Gasteiger partial charge in [-0.3, -0.25) is 10.1 Å². The van der Waals surface area contributed by atoms with Crippen molar-refractivity contribution in [2.45, 2.75) is 11.0 Å². The van der Waals surface area contributed by atoms with Crippen molar-refractivity contribution in [3.8, 4) is 0 Å². The van der Waals surface area contributed by atoms with E-state index in [1.54, 1.807) is 0 Å². The molecule has 88 valence electrons. The van der Waals surface area contributed by atoms with Crippen LogP contribution in [0.25, 0.3) is 0 Å². The van der Waals surface area contributed by atoms with E-state index in [-0.39, 0.29) is 0 Å². The van der Waals surface area contributed by atoms with Gasteiger partial charge >= 0.3 is 5.69 Å². The lowest BCUT2D eigenvalue weighted by molar-refractivity contribution is -0.387. The molecule has 1 aromatic heterocycles. The van der Waals surface area contributed by atoms with Crippen molar-refractivity contribution in [1.29, 1.82) is 0 Å². The summed E-state index contributed by atoms with van der Waals surface area (Å²) in [4.78, 5) is 13.6. The molecule has 0 aliphatic rings. The van der Waals surface area contributed by atoms with Crippen LogP contribution in [0.1, 0.15) is 5.56 Å². The minimum absolute atomic E-state index is 0.440. The van der Waals surface area contributed by atoms with Gasteiger partial charge in [-0.15, -0.1) is 0 Å². The molecule has 0 saturated carbocycles. The number of nitrogens with zero attached hydrogens (tertiary/aromatic N) is 2. The fraction of sp³-hybridized carbons (Fsp3) is 0.100. The number of hydrogen-bond donors (Lipinski definition) is 0. The molecule has 2 aromatic rings. The van der Waals surface area contributed by atoms with Gasteiger partial charge in [-0.25, -0.2) is 4.98 Å². The molecule has 0 saturated heterocycles. The summed E-state index contributed by atoms with van der Waals surface area (Å²) >= 11 is 1.29. The monoisotopic (exact) mass is 254 g/mol. The van der Waals surface area contributed by atoms with E-state index in [9.17, 15) is 14.5 Å². The van der Waals surface area contributed by atoms with Crippen molar-refractivity contribution in [2.75, 3.05) is 0 Å². The van der Waals surface area contributed by atoms with Crippen molar-refractivity contribution in [2.24, 2.45) is 0 Å². The Morgan fingerprint density at radius 1 is 1.53 bits per heavy atom. The number of benzene rings is 1. The number of oxazole rings is 1. The standard InChI is InChI=1S/C10H7FN2O3S/c11-8-5-7(1-2-9(8)13(14)15)6-17-10-12-3-4-16-10/h1-5H,6H2. The van der Waals surface area contributed by atoms with Gasteiger partial charge in [-0.2, -0.15) is 4.39 Å². The van der Waals surface area contributed by atoms with E-state index in [4.69, 9.17) is 4.42 Å². The Morgan fingerprint density at radius 2 is 2.35 bits per heavy atom. The van der Waals surface area contributed by atoms with Gasteiger partial charge in [0.25, 0.3) is 5.22 Å². The summed E-state index contributed by atoms with van der Waals surface area (Å²) in [6, 6.07) is 3.81. The van der Waals surface area contributed by atoms with Crippen LogP contribution in [0.3, 0.4) is 0 Å². The largest absolute Gasteiger partial charge is 0.440 e. The maximum atomic E-state index is 13.3. The van der Waals surface area contributed by atoms with Crippen LogP contribution in [0.4, 0.5) is 10.1 Å². The number of hydrogen-bond acceptors (Lipinski definition) is 5. The van der Waals surface area contributed by atoms with Gasteiger partial charge in [0.15, 0.2) is 0 Å². The molecule has 0 aliphatic heterocycles. The van der Waals surface area contributed by atoms with Crippen molar-refractivity contribution in [1.82, 2.24) is 4.98 Å². The molecule has 0 N–H and O–H groups in total. The van der Waals surface area contributed by atoms with Crippen molar-refractivity contribution >= 4 is 17.4 Å². The second-order valence-electron chi connectivity index (χ2n) is 3.13. The molecule has 0 aliphatic carbocycles. The average Bonchev–Trinajstić information content (AvgIpc) is 2.78. The zero-order valence-corrected chi connectivity index (χ0v) is 9.32. The second-order valence-corrected chi connectivity index (χ2v) is 4.06. The minimum Gasteiger partial charge on any atom is -0.440 e. The zero-order chi connectivity index (χ0) is 12.3. The Kier molecular flexibility index (Phi) is 3.38. The molecular weight excluding hydrogens is 247 g/mol. The maximum absolute atomic E-state index is 13.3. The highest BCUT2D eigenvalue weighted by atomic mass is 32.2. The number of aromatic nitrogens is 1. The van der Waals surface area contributed by atoms with E-state index in [2.05, 4.69) is 4.98 Å². The Hall–Kier alpha value is -1.89. The predicted molar refractivity (Wildman–Crippen MR) is 59.1 cm³/mol. The first-order chi connectivity index (χ1) is 8.16. The molecule has 0 bridgehead atoms. The van der Waals surface area contributed by atoms with Gasteiger partial charge in [0, 0.05) is 11.8 Å². The molecule has 0 fully saturated rings. The third-order valence-corrected chi connectivity index (χ3v) is 2.91. The van der Waals surface area contributed by atoms with E-state index >= 15 is 0 Å². The van der Waals surface area contributed by atoms with Crippen LogP contribution in [0, 0.1) is 15.9 Å². The van der Waals surface area contributed by atoms with E-state index in [1.807, 2.05) is 0 Å². The number of thioether (sulfide) groups is 1. The molecule has 0 unspecified atom stereocenters. The second kappa shape index (κ2) is 4.96. The predicted octanol–water partition coefficient (Wildman–Crippen LogP) is 3.01. The molecular formula is C10H7FN2O3S. The summed E-state index contributed by atoms with van der Waals surface area (Å²) in [5.74, 6) is -0.393. The van der Waals surface area contributed by atoms with Crippen molar-refractivity contribution in [3.63, 3.8) is 0 Å². The zero-order valence-electron chi connectivity index (χ0n) is 8.50. The number of rotatable bonds is 4. The summed E-state index contributed by atoms with van der Waals surface area (Å²) in [5.41, 5.74) is 0.117. The van der Waals surface area contributed by atoms with Gasteiger partial charge in [-0.05, 0) is 11.6 Å². The fourth-order valence-corrected chi connectivity index (χ4v) is 1.94. The Bertz CT molecular complexity index is 530. The van der Waals surface area contributed by atoms with Crippen LogP contribution in [0.2, 0.25) is 0 Å². The molecule has 0 spiro atoms. The molecule has 0 radical (unpaired) electrons. The highest BCUT2D eigenvalue weighted by Gasteiger charge is 2.13. The van der Waals surface area contributed by atoms with Crippen LogP contribution in [0.15, 0.2) is 40.3 Å². The number of halogens is 1. The highest BCUT2D eigenvalue weighted by Crippen LogP contribution is 2.24. The van der Waals surface area contributed by atoms with Crippen molar-refractivity contribution in [3.05, 3.63) is 52.2 Å². The number of nitro benzene ring substituents is 1. The van der Waals surface area contributed by atoms with Gasteiger partial charge in [0.2, 0.25) is 5.82 Å². The summed E-state index contributed by atoms with van der Waals surface area (Å²) in [6.45, 7) is 0. The van der Waals surface area contributed by atoms with Gasteiger partial charge < -0.3 is 4.42 Å². The summed E-state index contributed by atoms with van der Waals surface area (Å²) in [7, 11) is 0. The Labute approximate surface area is 99.8 Å². The SMILES string of the molecule is O=[N+]([O-])c1ccc(CSc2ncco2)cc1F. The van der Waals surface area contributed by atoms with Gasteiger partial charge in [-0.1, -0.05) is 17.8 Å². The van der Waals surface area contributed by atoms with E-state index in [1.165, 1.54) is 30.3 Å². The number of nitro groups is 1. The third-order valence-electron chi connectivity index (χ3n) is 1.98. The third kappa shape index (κ3) is 2.82. The smallest absolute Gasteiger partial charge is 0.304 e. The molecule has 5 nitrogen and oxygen atoms in total. The fourth-order valence-electron chi connectivity index (χ4n) is 1.21. The lowest BCUT2D eigenvalue weighted by atomic mass is 10.2. The van der Waals surface area contributed by atoms with Crippen LogP contribution in [0.5, 0.6) is 0 Å². The molecule has 1 heterocycles. The van der Waals surface area contributed by atoms with Gasteiger partial charge in [0.1, 0.15) is 6.26 Å². The summed E-state index contributed by atoms with van der Waals surface area (Å²) < 4.78 is 18.3. The van der Waals surface area contributed by atoms with Gasteiger partial charge in [0.05, 0.1) is 11.1 Å². The lowest BCUT2D eigenvalue weighted by Gasteiger charge is -1.99. The van der Waals surface area contributed by atoms with Crippen LogP contribution in [-0.2, 0) is 5.75 Å². The Morgan fingerprint density at radius 3 is 2.94 bits per heavy atom. The Balaban J connectivity index is 2.07. The van der Waals surface area contributed by atoms with Crippen LogP contribution >= 0.6 is 11.8 Å². The molecule has 0 amide bonds. The average molecular weight is 254 g/mol. The molecule has 7 heteroatoms. The first-order valence-corrected chi connectivity index (χ1v) is 5.60. The first-order valence-electron chi connectivity index (χ1n) is 4.62. The summed E-state index contributed by atoms with van der Waals surface area (Å²) in [6.07, 6.45) is 2.96. The molecule has 0 atom stereocenters. The topological polar surface area (TPSA) is 69.2 Å². The minimum atomic E-state index is -0.833. The molecule has 2 rings (SSSR count). The van der Waals surface area contributed by atoms with E-state index in [0.29, 0.717) is 16.5 Å².